The highest BCUT2D eigenvalue weighted by Crippen LogP contribution is 2.25. The number of benzene rings is 1. The molecule has 92 valence electrons. The van der Waals surface area contributed by atoms with Crippen LogP contribution in [0.25, 0.3) is 21.8 Å². The van der Waals surface area contributed by atoms with Crippen molar-refractivity contribution in [3.8, 4) is 0 Å². The number of para-hydroxylation sites is 1. The first-order chi connectivity index (χ1) is 8.88. The number of methoxy groups -OCH3 is 1. The molecule has 0 aliphatic rings. The number of pyridine rings is 1. The van der Waals surface area contributed by atoms with E-state index in [2.05, 4.69) is 28.2 Å². The summed E-state index contributed by atoms with van der Waals surface area (Å²) in [6.45, 7) is 0.747. The molecule has 0 aliphatic heterocycles. The minimum absolute atomic E-state index is 0.285. The standard InChI is InChI=1S/C14H14N2O2/c1-17-9-18-8-10-6-12-11-4-2-3-5-13(11)16-14(12)7-15-10/h2-7,16H,8-9H2,1H3. The Bertz CT molecular complexity index is 676. The van der Waals surface area contributed by atoms with Gasteiger partial charge >= 0.3 is 0 Å². The van der Waals surface area contributed by atoms with Crippen LogP contribution in [0.15, 0.2) is 36.5 Å². The van der Waals surface area contributed by atoms with Crippen molar-refractivity contribution in [3.05, 3.63) is 42.2 Å². The summed E-state index contributed by atoms with van der Waals surface area (Å²) in [5, 5.41) is 2.39. The summed E-state index contributed by atoms with van der Waals surface area (Å²) in [6, 6.07) is 10.3. The van der Waals surface area contributed by atoms with Gasteiger partial charge in [-0.2, -0.15) is 0 Å². The summed E-state index contributed by atoms with van der Waals surface area (Å²) in [4.78, 5) is 7.71. The molecule has 0 amide bonds. The van der Waals surface area contributed by atoms with E-state index < -0.39 is 0 Å². The van der Waals surface area contributed by atoms with E-state index in [0.29, 0.717) is 6.61 Å². The molecule has 0 saturated heterocycles. The first-order valence-corrected chi connectivity index (χ1v) is 5.80. The highest BCUT2D eigenvalue weighted by atomic mass is 16.7. The van der Waals surface area contributed by atoms with E-state index in [1.54, 1.807) is 7.11 Å². The second-order valence-corrected chi connectivity index (χ2v) is 4.15. The number of hydrogen-bond acceptors (Lipinski definition) is 3. The Hall–Kier alpha value is -1.91. The average molecular weight is 242 g/mol. The Morgan fingerprint density at radius 2 is 2.06 bits per heavy atom. The molecule has 0 spiro atoms. The van der Waals surface area contributed by atoms with Gasteiger partial charge in [-0.15, -0.1) is 0 Å². The zero-order valence-corrected chi connectivity index (χ0v) is 10.1. The van der Waals surface area contributed by atoms with Gasteiger partial charge < -0.3 is 14.5 Å². The molecule has 0 bridgehead atoms. The molecule has 3 aromatic rings. The van der Waals surface area contributed by atoms with Gasteiger partial charge in [0, 0.05) is 23.4 Å². The number of H-pyrrole nitrogens is 1. The number of rotatable bonds is 4. The molecule has 4 heteroatoms. The lowest BCUT2D eigenvalue weighted by atomic mass is 10.2. The van der Waals surface area contributed by atoms with Crippen LogP contribution < -0.4 is 0 Å². The molecule has 4 nitrogen and oxygen atoms in total. The third-order valence-electron chi connectivity index (χ3n) is 2.90. The summed E-state index contributed by atoms with van der Waals surface area (Å²) < 4.78 is 10.2. The Labute approximate surface area is 105 Å². The fourth-order valence-corrected chi connectivity index (χ4v) is 2.10. The van der Waals surface area contributed by atoms with Gasteiger partial charge in [0.15, 0.2) is 0 Å². The number of aromatic nitrogens is 2. The molecule has 18 heavy (non-hydrogen) atoms. The first-order valence-electron chi connectivity index (χ1n) is 5.80. The van der Waals surface area contributed by atoms with E-state index in [9.17, 15) is 0 Å². The van der Waals surface area contributed by atoms with Gasteiger partial charge in [-0.3, -0.25) is 4.98 Å². The molecule has 3 rings (SSSR count). The van der Waals surface area contributed by atoms with Gasteiger partial charge in [0.25, 0.3) is 0 Å². The SMILES string of the molecule is COCOCc1cc2c(cn1)[nH]c1ccccc12. The number of nitrogens with zero attached hydrogens (tertiary/aromatic N) is 1. The van der Waals surface area contributed by atoms with Crippen molar-refractivity contribution in [1.82, 2.24) is 9.97 Å². The van der Waals surface area contributed by atoms with Crippen LogP contribution in [0.1, 0.15) is 5.69 Å². The maximum Gasteiger partial charge on any atom is 0.146 e. The van der Waals surface area contributed by atoms with E-state index in [-0.39, 0.29) is 6.79 Å². The molecule has 0 atom stereocenters. The molecule has 0 saturated carbocycles. The molecule has 1 N–H and O–H groups in total. The van der Waals surface area contributed by atoms with Gasteiger partial charge in [0.1, 0.15) is 6.79 Å². The van der Waals surface area contributed by atoms with Crippen molar-refractivity contribution in [1.29, 1.82) is 0 Å². The number of aromatic amines is 1. The molecule has 0 aliphatic carbocycles. The third kappa shape index (κ3) is 1.96. The Balaban J connectivity index is 2.02. The molecular formula is C14H14N2O2. The van der Waals surface area contributed by atoms with Crippen molar-refractivity contribution >= 4 is 21.8 Å². The number of ether oxygens (including phenoxy) is 2. The zero-order chi connectivity index (χ0) is 12.4. The van der Waals surface area contributed by atoms with Crippen LogP contribution in [0.2, 0.25) is 0 Å². The molecule has 2 heterocycles. The summed E-state index contributed by atoms with van der Waals surface area (Å²) in [7, 11) is 1.61. The van der Waals surface area contributed by atoms with Crippen molar-refractivity contribution in [2.24, 2.45) is 0 Å². The van der Waals surface area contributed by atoms with Crippen LogP contribution in [-0.2, 0) is 16.1 Å². The summed E-state index contributed by atoms with van der Waals surface area (Å²) in [5.41, 5.74) is 3.08. The largest absolute Gasteiger partial charge is 0.359 e. The van der Waals surface area contributed by atoms with Crippen molar-refractivity contribution < 1.29 is 9.47 Å². The molecule has 0 radical (unpaired) electrons. The molecule has 0 unspecified atom stereocenters. The number of nitrogens with one attached hydrogen (secondary N) is 1. The lowest BCUT2D eigenvalue weighted by Gasteiger charge is -2.02. The Kier molecular flexibility index (Phi) is 2.96. The Morgan fingerprint density at radius 1 is 1.17 bits per heavy atom. The minimum Gasteiger partial charge on any atom is -0.359 e. The maximum absolute atomic E-state index is 5.31. The van der Waals surface area contributed by atoms with Crippen LogP contribution in [0.4, 0.5) is 0 Å². The van der Waals surface area contributed by atoms with E-state index in [1.807, 2.05) is 18.3 Å². The van der Waals surface area contributed by atoms with E-state index >= 15 is 0 Å². The summed E-state index contributed by atoms with van der Waals surface area (Å²) >= 11 is 0. The van der Waals surface area contributed by atoms with Crippen molar-refractivity contribution in [2.75, 3.05) is 13.9 Å². The fourth-order valence-electron chi connectivity index (χ4n) is 2.10. The van der Waals surface area contributed by atoms with Gasteiger partial charge in [-0.1, -0.05) is 18.2 Å². The van der Waals surface area contributed by atoms with E-state index in [4.69, 9.17) is 9.47 Å². The quantitative estimate of drug-likeness (QED) is 0.565. The van der Waals surface area contributed by atoms with Gasteiger partial charge in [-0.25, -0.2) is 0 Å². The fraction of sp³-hybridized carbons (Fsp3) is 0.214. The number of hydrogen-bond donors (Lipinski definition) is 1. The topological polar surface area (TPSA) is 47.1 Å². The Morgan fingerprint density at radius 3 is 2.94 bits per heavy atom. The van der Waals surface area contributed by atoms with E-state index in [1.165, 1.54) is 10.8 Å². The highest BCUT2D eigenvalue weighted by Gasteiger charge is 2.05. The second kappa shape index (κ2) is 4.76. The normalized spacial score (nSPS) is 11.4. The second-order valence-electron chi connectivity index (χ2n) is 4.15. The average Bonchev–Trinajstić information content (AvgIpc) is 2.77. The van der Waals surface area contributed by atoms with Gasteiger partial charge in [0.05, 0.1) is 24.0 Å². The first kappa shape index (κ1) is 11.2. The van der Waals surface area contributed by atoms with Crippen LogP contribution in [0.5, 0.6) is 0 Å². The zero-order valence-electron chi connectivity index (χ0n) is 10.1. The minimum atomic E-state index is 0.285. The highest BCUT2D eigenvalue weighted by molar-refractivity contribution is 6.06. The van der Waals surface area contributed by atoms with Crippen LogP contribution >= 0.6 is 0 Å². The van der Waals surface area contributed by atoms with Crippen LogP contribution in [0, 0.1) is 0 Å². The molecule has 2 aromatic heterocycles. The van der Waals surface area contributed by atoms with Crippen molar-refractivity contribution in [2.45, 2.75) is 6.61 Å². The third-order valence-corrected chi connectivity index (χ3v) is 2.90. The predicted molar refractivity (Wildman–Crippen MR) is 70.3 cm³/mol. The van der Waals surface area contributed by atoms with Gasteiger partial charge in [-0.05, 0) is 12.1 Å². The molecule has 0 fully saturated rings. The monoisotopic (exact) mass is 242 g/mol. The molecular weight excluding hydrogens is 228 g/mol. The van der Waals surface area contributed by atoms with Crippen LogP contribution in [0.3, 0.4) is 0 Å². The smallest absolute Gasteiger partial charge is 0.146 e. The lowest BCUT2D eigenvalue weighted by molar-refractivity contribution is -0.0400. The summed E-state index contributed by atoms with van der Waals surface area (Å²) in [5.74, 6) is 0. The van der Waals surface area contributed by atoms with Crippen LogP contribution in [-0.4, -0.2) is 23.9 Å². The number of fused-ring (bicyclic) bond motifs is 3. The van der Waals surface area contributed by atoms with Gasteiger partial charge in [0.2, 0.25) is 0 Å². The molecule has 1 aromatic carbocycles. The van der Waals surface area contributed by atoms with Crippen molar-refractivity contribution in [3.63, 3.8) is 0 Å². The lowest BCUT2D eigenvalue weighted by Crippen LogP contribution is -1.98. The predicted octanol–water partition coefficient (Wildman–Crippen LogP) is 2.84. The summed E-state index contributed by atoms with van der Waals surface area (Å²) in [6.07, 6.45) is 1.85. The maximum atomic E-state index is 5.31. The van der Waals surface area contributed by atoms with E-state index in [0.717, 1.165) is 16.7 Å².